The molecule has 0 saturated carbocycles. The molecule has 0 radical (unpaired) electrons. The molecule has 0 aromatic carbocycles. The van der Waals surface area contributed by atoms with E-state index in [-0.39, 0.29) is 18.4 Å². The van der Waals surface area contributed by atoms with Gasteiger partial charge in [-0.25, -0.2) is 0 Å². The van der Waals surface area contributed by atoms with Gasteiger partial charge in [0.1, 0.15) is 5.54 Å². The molecule has 0 spiro atoms. The molecule has 1 aromatic heterocycles. The topological polar surface area (TPSA) is 49.4 Å². The fourth-order valence-corrected chi connectivity index (χ4v) is 3.22. The molecular weight excluding hydrogens is 284 g/mol. The molecule has 0 aliphatic carbocycles. The highest BCUT2D eigenvalue weighted by Crippen LogP contribution is 2.23. The van der Waals surface area contributed by atoms with Crippen molar-refractivity contribution in [1.82, 2.24) is 10.2 Å². The lowest BCUT2D eigenvalue weighted by atomic mass is 9.94. The fourth-order valence-electron chi connectivity index (χ4n) is 2.15. The Balaban J connectivity index is 2.02. The quantitative estimate of drug-likeness (QED) is 0.925. The molecule has 2 rings (SSSR count). The van der Waals surface area contributed by atoms with E-state index in [0.29, 0.717) is 13.0 Å². The molecule has 6 heteroatoms. The highest BCUT2D eigenvalue weighted by molar-refractivity contribution is 7.16. The number of hydrogen-bond acceptors (Lipinski definition) is 3. The van der Waals surface area contributed by atoms with Crippen molar-refractivity contribution in [3.05, 3.63) is 21.3 Å². The standard InChI is InChI=1S/C13H17ClN2O2S/c1-3-13(2)12(18)16(8-11(17)15-13)7-6-9-4-5-10(14)19-9/h4-5H,3,6-8H2,1-2H3,(H,15,17). The van der Waals surface area contributed by atoms with Crippen LogP contribution in [0.2, 0.25) is 4.34 Å². The van der Waals surface area contributed by atoms with E-state index < -0.39 is 5.54 Å². The summed E-state index contributed by atoms with van der Waals surface area (Å²) in [7, 11) is 0. The average Bonchev–Trinajstić information content (AvgIpc) is 2.78. The number of carbonyl (C=O) groups is 2. The van der Waals surface area contributed by atoms with Crippen molar-refractivity contribution in [3.63, 3.8) is 0 Å². The summed E-state index contributed by atoms with van der Waals surface area (Å²) in [5, 5.41) is 2.78. The van der Waals surface area contributed by atoms with Gasteiger partial charge in [-0.15, -0.1) is 11.3 Å². The highest BCUT2D eigenvalue weighted by atomic mass is 35.5. The number of carbonyl (C=O) groups excluding carboxylic acids is 2. The molecule has 2 heterocycles. The molecule has 1 aromatic rings. The number of hydrogen-bond donors (Lipinski definition) is 1. The maximum Gasteiger partial charge on any atom is 0.248 e. The molecule has 1 fully saturated rings. The summed E-state index contributed by atoms with van der Waals surface area (Å²) in [5.41, 5.74) is -0.761. The van der Waals surface area contributed by atoms with Crippen LogP contribution in [0.25, 0.3) is 0 Å². The van der Waals surface area contributed by atoms with Crippen LogP contribution in [0, 0.1) is 0 Å². The lowest BCUT2D eigenvalue weighted by molar-refractivity contribution is -0.149. The minimum absolute atomic E-state index is 0.00254. The van der Waals surface area contributed by atoms with Crippen molar-refractivity contribution in [1.29, 1.82) is 0 Å². The van der Waals surface area contributed by atoms with E-state index in [0.717, 1.165) is 15.6 Å². The molecular formula is C13H17ClN2O2S. The first-order valence-corrected chi connectivity index (χ1v) is 7.48. The van der Waals surface area contributed by atoms with Crippen LogP contribution in [0.5, 0.6) is 0 Å². The van der Waals surface area contributed by atoms with Gasteiger partial charge in [-0.2, -0.15) is 0 Å². The molecule has 1 atom stereocenters. The first-order chi connectivity index (χ1) is 8.94. The van der Waals surface area contributed by atoms with Crippen molar-refractivity contribution < 1.29 is 9.59 Å². The van der Waals surface area contributed by atoms with Crippen LogP contribution >= 0.6 is 22.9 Å². The SMILES string of the molecule is CCC1(C)NC(=O)CN(CCc2ccc(Cl)s2)C1=O. The minimum Gasteiger partial charge on any atom is -0.340 e. The number of piperazine rings is 1. The number of amides is 2. The van der Waals surface area contributed by atoms with E-state index in [1.54, 1.807) is 11.8 Å². The smallest absolute Gasteiger partial charge is 0.248 e. The molecule has 1 aliphatic heterocycles. The summed E-state index contributed by atoms with van der Waals surface area (Å²) in [6.07, 6.45) is 1.33. The number of rotatable bonds is 4. The second-order valence-electron chi connectivity index (χ2n) is 4.92. The van der Waals surface area contributed by atoms with Gasteiger partial charge in [0.05, 0.1) is 10.9 Å². The third-order valence-corrected chi connectivity index (χ3v) is 4.76. The van der Waals surface area contributed by atoms with E-state index >= 15 is 0 Å². The summed E-state index contributed by atoms with van der Waals surface area (Å²) in [4.78, 5) is 26.8. The summed E-state index contributed by atoms with van der Waals surface area (Å²) >= 11 is 7.39. The highest BCUT2D eigenvalue weighted by Gasteiger charge is 2.41. The monoisotopic (exact) mass is 300 g/mol. The van der Waals surface area contributed by atoms with E-state index in [4.69, 9.17) is 11.6 Å². The lowest BCUT2D eigenvalue weighted by Gasteiger charge is -2.39. The van der Waals surface area contributed by atoms with E-state index in [1.807, 2.05) is 19.1 Å². The Kier molecular flexibility index (Phi) is 4.16. The van der Waals surface area contributed by atoms with Gasteiger partial charge >= 0.3 is 0 Å². The number of nitrogens with one attached hydrogen (secondary N) is 1. The Hall–Kier alpha value is -1.07. The van der Waals surface area contributed by atoms with Crippen LogP contribution in [0.15, 0.2) is 12.1 Å². The van der Waals surface area contributed by atoms with Crippen molar-refractivity contribution in [2.75, 3.05) is 13.1 Å². The van der Waals surface area contributed by atoms with Crippen molar-refractivity contribution in [2.24, 2.45) is 0 Å². The fraction of sp³-hybridized carbons (Fsp3) is 0.538. The molecule has 0 bridgehead atoms. The zero-order valence-electron chi connectivity index (χ0n) is 11.0. The molecule has 1 N–H and O–H groups in total. The molecule has 1 unspecified atom stereocenters. The normalized spacial score (nSPS) is 23.6. The van der Waals surface area contributed by atoms with Crippen LogP contribution in [0.3, 0.4) is 0 Å². The van der Waals surface area contributed by atoms with Crippen molar-refractivity contribution >= 4 is 34.8 Å². The van der Waals surface area contributed by atoms with Crippen molar-refractivity contribution in [2.45, 2.75) is 32.2 Å². The summed E-state index contributed by atoms with van der Waals surface area (Å²) in [6.45, 7) is 4.38. The predicted molar refractivity (Wildman–Crippen MR) is 76.5 cm³/mol. The summed E-state index contributed by atoms with van der Waals surface area (Å²) in [5.74, 6) is -0.0922. The zero-order valence-corrected chi connectivity index (χ0v) is 12.6. The molecule has 19 heavy (non-hydrogen) atoms. The van der Waals surface area contributed by atoms with Gasteiger partial charge < -0.3 is 10.2 Å². The van der Waals surface area contributed by atoms with E-state index in [1.165, 1.54) is 11.3 Å². The summed E-state index contributed by atoms with van der Waals surface area (Å²) in [6, 6.07) is 3.81. The second kappa shape index (κ2) is 5.51. The van der Waals surface area contributed by atoms with Crippen LogP contribution < -0.4 is 5.32 Å². The van der Waals surface area contributed by atoms with E-state index in [2.05, 4.69) is 5.32 Å². The number of thiophene rings is 1. The Morgan fingerprint density at radius 3 is 2.79 bits per heavy atom. The molecule has 1 aliphatic rings. The first-order valence-electron chi connectivity index (χ1n) is 6.29. The molecule has 2 amide bonds. The van der Waals surface area contributed by atoms with Gasteiger partial charge in [-0.3, -0.25) is 9.59 Å². The Morgan fingerprint density at radius 2 is 2.21 bits per heavy atom. The Bertz CT molecular complexity index is 503. The predicted octanol–water partition coefficient (Wildman–Crippen LogP) is 2.07. The zero-order chi connectivity index (χ0) is 14.0. The third-order valence-electron chi connectivity index (χ3n) is 3.47. The third kappa shape index (κ3) is 3.09. The van der Waals surface area contributed by atoms with Crippen molar-refractivity contribution in [3.8, 4) is 0 Å². The maximum atomic E-state index is 12.3. The van der Waals surface area contributed by atoms with Gasteiger partial charge in [0, 0.05) is 11.4 Å². The van der Waals surface area contributed by atoms with Gasteiger partial charge in [-0.05, 0) is 31.9 Å². The van der Waals surface area contributed by atoms with Crippen LogP contribution in [-0.2, 0) is 16.0 Å². The van der Waals surface area contributed by atoms with Gasteiger partial charge in [0.15, 0.2) is 0 Å². The largest absolute Gasteiger partial charge is 0.340 e. The first kappa shape index (κ1) is 14.3. The van der Waals surface area contributed by atoms with Gasteiger partial charge in [0.2, 0.25) is 11.8 Å². The maximum absolute atomic E-state index is 12.3. The average molecular weight is 301 g/mol. The molecule has 1 saturated heterocycles. The van der Waals surface area contributed by atoms with Crippen LogP contribution in [0.1, 0.15) is 25.1 Å². The number of nitrogens with zero attached hydrogens (tertiary/aromatic N) is 1. The Labute approximate surface area is 121 Å². The van der Waals surface area contributed by atoms with Crippen LogP contribution in [-0.4, -0.2) is 35.3 Å². The van der Waals surface area contributed by atoms with Gasteiger partial charge in [-0.1, -0.05) is 18.5 Å². The van der Waals surface area contributed by atoms with Crippen LogP contribution in [0.4, 0.5) is 0 Å². The lowest BCUT2D eigenvalue weighted by Crippen LogP contribution is -2.65. The van der Waals surface area contributed by atoms with E-state index in [9.17, 15) is 9.59 Å². The van der Waals surface area contributed by atoms with Gasteiger partial charge in [0.25, 0.3) is 0 Å². The second-order valence-corrected chi connectivity index (χ2v) is 6.72. The minimum atomic E-state index is -0.761. The summed E-state index contributed by atoms with van der Waals surface area (Å²) < 4.78 is 0.746. The Morgan fingerprint density at radius 1 is 1.47 bits per heavy atom. The molecule has 4 nitrogen and oxygen atoms in total. The molecule has 104 valence electrons. The number of halogens is 1.